The van der Waals surface area contributed by atoms with E-state index in [1.165, 1.54) is 19.3 Å². The summed E-state index contributed by atoms with van der Waals surface area (Å²) in [5.74, 6) is -0.0324. The molecule has 3 amide bonds. The molecule has 1 aromatic rings. The van der Waals surface area contributed by atoms with Gasteiger partial charge in [0.1, 0.15) is 0 Å². The van der Waals surface area contributed by atoms with Crippen molar-refractivity contribution in [3.05, 3.63) is 33.8 Å². The first-order valence-electron chi connectivity index (χ1n) is 10.9. The highest BCUT2D eigenvalue weighted by Crippen LogP contribution is 2.26. The van der Waals surface area contributed by atoms with Crippen molar-refractivity contribution in [2.24, 2.45) is 0 Å². The number of benzene rings is 1. The lowest BCUT2D eigenvalue weighted by molar-refractivity contribution is -0.123. The summed E-state index contributed by atoms with van der Waals surface area (Å²) in [6.07, 6.45) is 7.55. The van der Waals surface area contributed by atoms with Crippen LogP contribution in [-0.4, -0.2) is 48.6 Å². The normalized spacial score (nSPS) is 19.8. The molecule has 30 heavy (non-hydrogen) atoms. The number of likely N-dealkylation sites (tertiary alicyclic amines) is 1. The Kier molecular flexibility index (Phi) is 8.66. The highest BCUT2D eigenvalue weighted by atomic mass is 35.5. The highest BCUT2D eigenvalue weighted by molar-refractivity contribution is 6.35. The van der Waals surface area contributed by atoms with Gasteiger partial charge in [0, 0.05) is 35.2 Å². The lowest BCUT2D eigenvalue weighted by atomic mass is 9.96. The highest BCUT2D eigenvalue weighted by Gasteiger charge is 2.24. The molecule has 6 nitrogen and oxygen atoms in total. The summed E-state index contributed by atoms with van der Waals surface area (Å²) in [5.41, 5.74) is 0.848. The van der Waals surface area contributed by atoms with Crippen LogP contribution in [0.5, 0.6) is 0 Å². The molecule has 0 spiro atoms. The van der Waals surface area contributed by atoms with E-state index in [0.29, 0.717) is 22.6 Å². The maximum Gasteiger partial charge on any atom is 0.315 e. The molecular formula is C22H32Cl2N4O2. The zero-order valence-corrected chi connectivity index (χ0v) is 19.1. The lowest BCUT2D eigenvalue weighted by Crippen LogP contribution is -2.51. The minimum absolute atomic E-state index is 0.0324. The topological polar surface area (TPSA) is 73.5 Å². The van der Waals surface area contributed by atoms with E-state index in [1.54, 1.807) is 12.1 Å². The number of hydrogen-bond donors (Lipinski definition) is 3. The summed E-state index contributed by atoms with van der Waals surface area (Å²) in [5, 5.41) is 10.3. The third-order valence-electron chi connectivity index (χ3n) is 6.04. The molecule has 1 unspecified atom stereocenters. The largest absolute Gasteiger partial charge is 0.348 e. The van der Waals surface area contributed by atoms with Crippen LogP contribution in [-0.2, 0) is 4.79 Å². The van der Waals surface area contributed by atoms with Gasteiger partial charge in [-0.25, -0.2) is 4.79 Å². The summed E-state index contributed by atoms with van der Waals surface area (Å²) >= 11 is 12.2. The molecule has 1 aromatic carbocycles. The van der Waals surface area contributed by atoms with Crippen molar-refractivity contribution in [2.45, 2.75) is 70.0 Å². The van der Waals surface area contributed by atoms with Gasteiger partial charge in [-0.15, -0.1) is 0 Å². The van der Waals surface area contributed by atoms with Gasteiger partial charge in [-0.2, -0.15) is 0 Å². The first kappa shape index (κ1) is 23.2. The minimum Gasteiger partial charge on any atom is -0.348 e. The molecule has 1 saturated carbocycles. The van der Waals surface area contributed by atoms with Crippen molar-refractivity contribution >= 4 is 35.1 Å². The van der Waals surface area contributed by atoms with E-state index >= 15 is 0 Å². The second-order valence-corrected chi connectivity index (χ2v) is 9.30. The third kappa shape index (κ3) is 7.03. The summed E-state index contributed by atoms with van der Waals surface area (Å²) in [6.45, 7) is 3.83. The van der Waals surface area contributed by atoms with E-state index in [2.05, 4.69) is 20.9 Å². The van der Waals surface area contributed by atoms with E-state index in [0.717, 1.165) is 44.3 Å². The average molecular weight is 455 g/mol. The molecular weight excluding hydrogens is 423 g/mol. The number of urea groups is 1. The van der Waals surface area contributed by atoms with Crippen LogP contribution < -0.4 is 16.0 Å². The molecule has 1 atom stereocenters. The molecule has 0 bridgehead atoms. The number of piperidine rings is 1. The Hall–Kier alpha value is -1.50. The predicted octanol–water partition coefficient (Wildman–Crippen LogP) is 4.27. The molecule has 0 radical (unpaired) electrons. The monoisotopic (exact) mass is 454 g/mol. The number of hydrogen-bond acceptors (Lipinski definition) is 3. The smallest absolute Gasteiger partial charge is 0.315 e. The van der Waals surface area contributed by atoms with E-state index in [-0.39, 0.29) is 24.0 Å². The van der Waals surface area contributed by atoms with Crippen LogP contribution in [0, 0.1) is 0 Å². The van der Waals surface area contributed by atoms with Gasteiger partial charge in [-0.1, -0.05) is 48.5 Å². The third-order valence-corrected chi connectivity index (χ3v) is 6.60. The van der Waals surface area contributed by atoms with Crippen molar-refractivity contribution in [1.82, 2.24) is 20.9 Å². The van der Waals surface area contributed by atoms with Crippen molar-refractivity contribution < 1.29 is 9.59 Å². The number of nitrogens with zero attached hydrogens (tertiary/aromatic N) is 1. The fourth-order valence-electron chi connectivity index (χ4n) is 4.32. The summed E-state index contributed by atoms with van der Waals surface area (Å²) < 4.78 is 0. The second kappa shape index (κ2) is 11.2. The van der Waals surface area contributed by atoms with Crippen LogP contribution >= 0.6 is 23.2 Å². The van der Waals surface area contributed by atoms with Crippen LogP contribution in [0.15, 0.2) is 18.2 Å². The van der Waals surface area contributed by atoms with Gasteiger partial charge in [0.15, 0.2) is 0 Å². The minimum atomic E-state index is -0.190. The van der Waals surface area contributed by atoms with Gasteiger partial charge < -0.3 is 16.0 Å². The standard InChI is InChI=1S/C22H32Cl2N4O2/c1-15(19-8-7-16(23)13-20(19)24)25-21(29)14-28-11-9-18(10-12-28)27-22(30)26-17-5-3-2-4-6-17/h7-8,13,15,17-18H,2-6,9-12,14H2,1H3,(H,25,29)(H2,26,27,30). The van der Waals surface area contributed by atoms with Crippen molar-refractivity contribution in [3.63, 3.8) is 0 Å². The zero-order chi connectivity index (χ0) is 21.5. The van der Waals surface area contributed by atoms with Gasteiger partial charge in [-0.05, 0) is 50.3 Å². The number of rotatable bonds is 6. The Morgan fingerprint density at radius 3 is 2.30 bits per heavy atom. The molecule has 3 rings (SSSR count). The van der Waals surface area contributed by atoms with E-state index < -0.39 is 0 Å². The summed E-state index contributed by atoms with van der Waals surface area (Å²) in [6, 6.07) is 5.54. The van der Waals surface area contributed by atoms with Crippen LogP contribution in [0.25, 0.3) is 0 Å². The Morgan fingerprint density at radius 2 is 1.67 bits per heavy atom. The van der Waals surface area contributed by atoms with Crippen LogP contribution in [0.1, 0.15) is 63.5 Å². The molecule has 166 valence electrons. The summed E-state index contributed by atoms with van der Waals surface area (Å²) in [4.78, 5) is 26.8. The first-order valence-corrected chi connectivity index (χ1v) is 11.7. The number of carbonyl (C=O) groups is 2. The van der Waals surface area contributed by atoms with Crippen LogP contribution in [0.2, 0.25) is 10.0 Å². The quantitative estimate of drug-likeness (QED) is 0.600. The molecule has 1 saturated heterocycles. The zero-order valence-electron chi connectivity index (χ0n) is 17.6. The Balaban J connectivity index is 1.36. The second-order valence-electron chi connectivity index (χ2n) is 8.46. The number of nitrogens with one attached hydrogen (secondary N) is 3. The average Bonchev–Trinajstić information content (AvgIpc) is 2.70. The summed E-state index contributed by atoms with van der Waals surface area (Å²) in [7, 11) is 0. The van der Waals surface area contributed by atoms with Gasteiger partial charge in [0.2, 0.25) is 5.91 Å². The van der Waals surface area contributed by atoms with E-state index in [4.69, 9.17) is 23.2 Å². The molecule has 8 heteroatoms. The first-order chi connectivity index (χ1) is 14.4. The van der Waals surface area contributed by atoms with E-state index in [1.807, 2.05) is 13.0 Å². The van der Waals surface area contributed by atoms with Crippen LogP contribution in [0.3, 0.4) is 0 Å². The molecule has 1 aliphatic heterocycles. The van der Waals surface area contributed by atoms with Gasteiger partial charge in [0.05, 0.1) is 12.6 Å². The van der Waals surface area contributed by atoms with Gasteiger partial charge in [0.25, 0.3) is 0 Å². The molecule has 2 aliphatic rings. The fraction of sp³-hybridized carbons (Fsp3) is 0.636. The fourth-order valence-corrected chi connectivity index (χ4v) is 4.89. The molecule has 2 fully saturated rings. The molecule has 1 aliphatic carbocycles. The SMILES string of the molecule is CC(NC(=O)CN1CCC(NC(=O)NC2CCCCC2)CC1)c1ccc(Cl)cc1Cl. The van der Waals surface area contributed by atoms with Gasteiger partial charge in [-0.3, -0.25) is 9.69 Å². The van der Waals surface area contributed by atoms with Crippen molar-refractivity contribution in [2.75, 3.05) is 19.6 Å². The lowest BCUT2D eigenvalue weighted by Gasteiger charge is -2.32. The number of amides is 3. The Bertz CT molecular complexity index is 732. The molecule has 0 aromatic heterocycles. The predicted molar refractivity (Wildman–Crippen MR) is 121 cm³/mol. The Labute approximate surface area is 189 Å². The molecule has 3 N–H and O–H groups in total. The molecule has 1 heterocycles. The number of halogens is 2. The van der Waals surface area contributed by atoms with Crippen molar-refractivity contribution in [1.29, 1.82) is 0 Å². The maximum absolute atomic E-state index is 12.5. The number of carbonyl (C=O) groups excluding carboxylic acids is 2. The van der Waals surface area contributed by atoms with Crippen molar-refractivity contribution in [3.8, 4) is 0 Å². The van der Waals surface area contributed by atoms with Crippen LogP contribution in [0.4, 0.5) is 4.79 Å². The van der Waals surface area contributed by atoms with E-state index in [9.17, 15) is 9.59 Å². The van der Waals surface area contributed by atoms with Gasteiger partial charge >= 0.3 is 6.03 Å². The maximum atomic E-state index is 12.5. The Morgan fingerprint density at radius 1 is 1.03 bits per heavy atom.